The Bertz CT molecular complexity index is 589. The highest BCUT2D eigenvalue weighted by molar-refractivity contribution is 5.83. The smallest absolute Gasteiger partial charge is 0.00737 e. The van der Waals surface area contributed by atoms with Crippen molar-refractivity contribution in [3.63, 3.8) is 0 Å². The van der Waals surface area contributed by atoms with Crippen LogP contribution >= 0.6 is 0 Å². The van der Waals surface area contributed by atoms with Gasteiger partial charge >= 0.3 is 0 Å². The molecule has 0 heterocycles. The molecule has 18 heavy (non-hydrogen) atoms. The summed E-state index contributed by atoms with van der Waals surface area (Å²) >= 11 is 0. The van der Waals surface area contributed by atoms with Crippen LogP contribution in [0.4, 0.5) is 0 Å². The lowest BCUT2D eigenvalue weighted by Gasteiger charge is -2.16. The van der Waals surface area contributed by atoms with E-state index < -0.39 is 0 Å². The van der Waals surface area contributed by atoms with Crippen LogP contribution in [0.3, 0.4) is 0 Å². The van der Waals surface area contributed by atoms with Crippen molar-refractivity contribution < 1.29 is 0 Å². The van der Waals surface area contributed by atoms with E-state index >= 15 is 0 Å². The van der Waals surface area contributed by atoms with Crippen LogP contribution in [-0.4, -0.2) is 0 Å². The molecule has 0 N–H and O–H groups in total. The Morgan fingerprint density at radius 3 is 2.17 bits per heavy atom. The highest BCUT2D eigenvalue weighted by Crippen LogP contribution is 2.33. The van der Waals surface area contributed by atoms with E-state index in [9.17, 15) is 0 Å². The molecule has 2 aromatic rings. The molecular formula is C18H18. The van der Waals surface area contributed by atoms with E-state index in [1.807, 2.05) is 18.2 Å². The van der Waals surface area contributed by atoms with Crippen LogP contribution in [0.5, 0.6) is 0 Å². The van der Waals surface area contributed by atoms with E-state index in [0.29, 0.717) is 0 Å². The number of hydrogen-bond acceptors (Lipinski definition) is 0. The molecule has 0 spiro atoms. The number of aryl methyl sites for hydroxylation is 1. The molecule has 0 bridgehead atoms. The van der Waals surface area contributed by atoms with Crippen LogP contribution in [0.1, 0.15) is 22.3 Å². The van der Waals surface area contributed by atoms with Gasteiger partial charge in [0.05, 0.1) is 0 Å². The Labute approximate surface area is 109 Å². The maximum absolute atomic E-state index is 3.95. The highest BCUT2D eigenvalue weighted by atomic mass is 14.2. The molecule has 0 saturated carbocycles. The van der Waals surface area contributed by atoms with E-state index in [0.717, 1.165) is 5.56 Å². The standard InChI is InChI=1S/C18H18/c1-5-15-12-13(3)14(4)18(17(15)6-2)16-10-8-7-9-11-16/h5-12H,1-2H2,3-4H3. The van der Waals surface area contributed by atoms with Gasteiger partial charge in [0, 0.05) is 0 Å². The predicted molar refractivity (Wildman–Crippen MR) is 81.5 cm³/mol. The molecule has 0 aliphatic carbocycles. The quantitative estimate of drug-likeness (QED) is 0.679. The molecule has 90 valence electrons. The van der Waals surface area contributed by atoms with Crippen molar-refractivity contribution in [1.82, 2.24) is 0 Å². The summed E-state index contributed by atoms with van der Waals surface area (Å²) in [7, 11) is 0. The third-order valence-electron chi connectivity index (χ3n) is 3.41. The molecule has 0 amide bonds. The van der Waals surface area contributed by atoms with E-state index in [1.54, 1.807) is 0 Å². The fraction of sp³-hybridized carbons (Fsp3) is 0.111. The monoisotopic (exact) mass is 234 g/mol. The SMILES string of the molecule is C=Cc1cc(C)c(C)c(-c2ccccc2)c1C=C. The van der Waals surface area contributed by atoms with Gasteiger partial charge in [-0.3, -0.25) is 0 Å². The molecule has 0 saturated heterocycles. The van der Waals surface area contributed by atoms with Crippen molar-refractivity contribution in [3.05, 3.63) is 71.8 Å². The summed E-state index contributed by atoms with van der Waals surface area (Å²) in [5, 5.41) is 0. The molecular weight excluding hydrogens is 216 g/mol. The Morgan fingerprint density at radius 2 is 1.61 bits per heavy atom. The Morgan fingerprint density at radius 1 is 0.944 bits per heavy atom. The molecule has 0 aliphatic heterocycles. The van der Waals surface area contributed by atoms with Gasteiger partial charge in [-0.2, -0.15) is 0 Å². The summed E-state index contributed by atoms with van der Waals surface area (Å²) in [5.41, 5.74) is 7.40. The van der Waals surface area contributed by atoms with E-state index in [-0.39, 0.29) is 0 Å². The van der Waals surface area contributed by atoms with Crippen LogP contribution < -0.4 is 0 Å². The molecule has 0 unspecified atom stereocenters. The van der Waals surface area contributed by atoms with Crippen molar-refractivity contribution in [3.8, 4) is 11.1 Å². The molecule has 2 rings (SSSR count). The maximum Gasteiger partial charge on any atom is -0.00737 e. The number of benzene rings is 2. The van der Waals surface area contributed by atoms with Crippen LogP contribution in [0, 0.1) is 13.8 Å². The zero-order chi connectivity index (χ0) is 13.1. The first-order valence-electron chi connectivity index (χ1n) is 6.13. The third-order valence-corrected chi connectivity index (χ3v) is 3.41. The fourth-order valence-electron chi connectivity index (χ4n) is 2.33. The number of hydrogen-bond donors (Lipinski definition) is 0. The molecule has 0 heteroatoms. The zero-order valence-corrected chi connectivity index (χ0v) is 11.0. The minimum absolute atomic E-state index is 1.15. The van der Waals surface area contributed by atoms with Crippen LogP contribution in [-0.2, 0) is 0 Å². The summed E-state index contributed by atoms with van der Waals surface area (Å²) < 4.78 is 0. The first-order valence-corrected chi connectivity index (χ1v) is 6.13. The topological polar surface area (TPSA) is 0 Å². The number of rotatable bonds is 3. The van der Waals surface area contributed by atoms with Crippen LogP contribution in [0.2, 0.25) is 0 Å². The van der Waals surface area contributed by atoms with Gasteiger partial charge in [-0.15, -0.1) is 0 Å². The lowest BCUT2D eigenvalue weighted by atomic mass is 9.88. The minimum Gasteiger partial charge on any atom is -0.0984 e. The van der Waals surface area contributed by atoms with Crippen LogP contribution in [0.15, 0.2) is 49.6 Å². The maximum atomic E-state index is 3.95. The van der Waals surface area contributed by atoms with Gasteiger partial charge in [-0.05, 0) is 47.2 Å². The third kappa shape index (κ3) is 2.02. The predicted octanol–water partition coefficient (Wildman–Crippen LogP) is 5.26. The summed E-state index contributed by atoms with van der Waals surface area (Å²) in [5.74, 6) is 0. The average Bonchev–Trinajstić information content (AvgIpc) is 2.42. The second kappa shape index (κ2) is 5.05. The van der Waals surface area contributed by atoms with E-state index in [1.165, 1.54) is 27.8 Å². The lowest BCUT2D eigenvalue weighted by molar-refractivity contribution is 1.32. The second-order valence-electron chi connectivity index (χ2n) is 4.47. The van der Waals surface area contributed by atoms with Crippen molar-refractivity contribution in [1.29, 1.82) is 0 Å². The first-order chi connectivity index (χ1) is 8.69. The van der Waals surface area contributed by atoms with Gasteiger partial charge in [0.15, 0.2) is 0 Å². The summed E-state index contributed by atoms with van der Waals surface area (Å²) in [4.78, 5) is 0. The fourth-order valence-corrected chi connectivity index (χ4v) is 2.33. The van der Waals surface area contributed by atoms with Gasteiger partial charge in [0.2, 0.25) is 0 Å². The zero-order valence-electron chi connectivity index (χ0n) is 11.0. The summed E-state index contributed by atoms with van der Waals surface area (Å²) in [6, 6.07) is 12.6. The molecule has 2 aromatic carbocycles. The highest BCUT2D eigenvalue weighted by Gasteiger charge is 2.11. The largest absolute Gasteiger partial charge is 0.0984 e. The van der Waals surface area contributed by atoms with Crippen LogP contribution in [0.25, 0.3) is 23.3 Å². The molecule has 0 nitrogen and oxygen atoms in total. The molecule has 0 radical (unpaired) electrons. The first kappa shape index (κ1) is 12.4. The van der Waals surface area contributed by atoms with Gasteiger partial charge in [-0.1, -0.05) is 61.7 Å². The Hall–Kier alpha value is -2.08. The van der Waals surface area contributed by atoms with Crippen molar-refractivity contribution >= 4 is 12.2 Å². The van der Waals surface area contributed by atoms with Crippen molar-refractivity contribution in [2.45, 2.75) is 13.8 Å². The van der Waals surface area contributed by atoms with E-state index in [2.05, 4.69) is 57.3 Å². The summed E-state index contributed by atoms with van der Waals surface area (Å²) in [6.45, 7) is 12.2. The Balaban J connectivity index is 2.83. The van der Waals surface area contributed by atoms with Gasteiger partial charge in [0.25, 0.3) is 0 Å². The van der Waals surface area contributed by atoms with Gasteiger partial charge < -0.3 is 0 Å². The molecule has 0 aliphatic rings. The van der Waals surface area contributed by atoms with Crippen molar-refractivity contribution in [2.75, 3.05) is 0 Å². The molecule has 0 aromatic heterocycles. The van der Waals surface area contributed by atoms with Gasteiger partial charge in [0.1, 0.15) is 0 Å². The van der Waals surface area contributed by atoms with Crippen molar-refractivity contribution in [2.24, 2.45) is 0 Å². The molecule has 0 fully saturated rings. The van der Waals surface area contributed by atoms with E-state index in [4.69, 9.17) is 0 Å². The Kier molecular flexibility index (Phi) is 3.47. The molecule has 0 atom stereocenters. The summed E-state index contributed by atoms with van der Waals surface area (Å²) in [6.07, 6.45) is 3.82. The average molecular weight is 234 g/mol. The van der Waals surface area contributed by atoms with Gasteiger partial charge in [-0.25, -0.2) is 0 Å². The second-order valence-corrected chi connectivity index (χ2v) is 4.47. The normalized spacial score (nSPS) is 10.1. The lowest BCUT2D eigenvalue weighted by Crippen LogP contribution is -1.95. The minimum atomic E-state index is 1.15.